The molecule has 0 aliphatic carbocycles. The van der Waals surface area contributed by atoms with Crippen molar-refractivity contribution in [1.29, 1.82) is 5.26 Å². The molecule has 0 unspecified atom stereocenters. The molecule has 0 aliphatic rings. The van der Waals surface area contributed by atoms with Gasteiger partial charge in [0, 0.05) is 11.3 Å². The first kappa shape index (κ1) is 18.2. The quantitative estimate of drug-likeness (QED) is 0.545. The monoisotopic (exact) mass is 378 g/mol. The van der Waals surface area contributed by atoms with Crippen LogP contribution in [0.4, 0.5) is 5.69 Å². The molecule has 5 nitrogen and oxygen atoms in total. The number of carbonyl (C=O) groups excluding carboxylic acids is 1. The van der Waals surface area contributed by atoms with E-state index in [1.54, 1.807) is 28.9 Å². The van der Waals surface area contributed by atoms with E-state index in [2.05, 4.69) is 16.5 Å². The molecule has 140 valence electrons. The van der Waals surface area contributed by atoms with Crippen molar-refractivity contribution >= 4 is 11.6 Å². The molecule has 0 bridgehead atoms. The number of hydrogen-bond acceptors (Lipinski definition) is 3. The van der Waals surface area contributed by atoms with Crippen molar-refractivity contribution in [2.24, 2.45) is 0 Å². The van der Waals surface area contributed by atoms with Crippen LogP contribution in [-0.4, -0.2) is 15.7 Å². The lowest BCUT2D eigenvalue weighted by molar-refractivity contribution is 0.101. The van der Waals surface area contributed by atoms with Gasteiger partial charge in [-0.25, -0.2) is 4.68 Å². The van der Waals surface area contributed by atoms with Gasteiger partial charge in [0.1, 0.15) is 5.69 Å². The number of aromatic nitrogens is 2. The molecular weight excluding hydrogens is 360 g/mol. The first-order valence-electron chi connectivity index (χ1n) is 9.19. The molecule has 0 fully saturated rings. The van der Waals surface area contributed by atoms with Crippen LogP contribution in [0, 0.1) is 18.3 Å². The van der Waals surface area contributed by atoms with Gasteiger partial charge in [-0.05, 0) is 42.8 Å². The summed E-state index contributed by atoms with van der Waals surface area (Å²) in [6.45, 7) is 1.83. The van der Waals surface area contributed by atoms with Gasteiger partial charge in [0.15, 0.2) is 0 Å². The molecule has 1 amide bonds. The SMILES string of the molecule is Cc1cc(C(=O)Nc2ccccc2-c2ccccc2)n(-c2cccc(C#N)c2)n1. The highest BCUT2D eigenvalue weighted by atomic mass is 16.2. The summed E-state index contributed by atoms with van der Waals surface area (Å²) in [4.78, 5) is 13.1. The van der Waals surface area contributed by atoms with Crippen molar-refractivity contribution in [2.75, 3.05) is 5.32 Å². The standard InChI is InChI=1S/C24H18N4O/c1-17-14-23(28(27-17)20-11-7-8-18(15-20)16-25)24(29)26-22-13-6-5-12-21(22)19-9-3-2-4-10-19/h2-15H,1H3,(H,26,29). The molecule has 1 aromatic heterocycles. The Morgan fingerprint density at radius 2 is 1.72 bits per heavy atom. The predicted molar refractivity (Wildman–Crippen MR) is 113 cm³/mol. The van der Waals surface area contributed by atoms with Gasteiger partial charge in [-0.1, -0.05) is 54.6 Å². The first-order chi connectivity index (χ1) is 14.2. The Labute approximate surface area is 168 Å². The molecule has 0 spiro atoms. The summed E-state index contributed by atoms with van der Waals surface area (Å²) < 4.78 is 1.57. The molecule has 0 atom stereocenters. The van der Waals surface area contributed by atoms with Gasteiger partial charge in [0.25, 0.3) is 5.91 Å². The molecule has 1 N–H and O–H groups in total. The van der Waals surface area contributed by atoms with E-state index in [-0.39, 0.29) is 5.91 Å². The fraction of sp³-hybridized carbons (Fsp3) is 0.0417. The third kappa shape index (κ3) is 3.78. The Morgan fingerprint density at radius 1 is 0.966 bits per heavy atom. The number of amides is 1. The molecule has 4 aromatic rings. The highest BCUT2D eigenvalue weighted by Gasteiger charge is 2.17. The smallest absolute Gasteiger partial charge is 0.274 e. The number of rotatable bonds is 4. The molecule has 4 rings (SSSR count). The van der Waals surface area contributed by atoms with E-state index in [1.807, 2.05) is 67.6 Å². The van der Waals surface area contributed by atoms with Crippen LogP contribution in [0.25, 0.3) is 16.8 Å². The molecule has 1 heterocycles. The fourth-order valence-electron chi connectivity index (χ4n) is 3.21. The normalized spacial score (nSPS) is 10.3. The lowest BCUT2D eigenvalue weighted by atomic mass is 10.0. The molecular formula is C24H18N4O. The maximum Gasteiger partial charge on any atom is 0.274 e. The largest absolute Gasteiger partial charge is 0.320 e. The summed E-state index contributed by atoms with van der Waals surface area (Å²) in [5, 5.41) is 16.6. The van der Waals surface area contributed by atoms with E-state index in [0.717, 1.165) is 16.8 Å². The lowest BCUT2D eigenvalue weighted by Gasteiger charge is -2.12. The highest BCUT2D eigenvalue weighted by Crippen LogP contribution is 2.28. The average molecular weight is 378 g/mol. The molecule has 0 radical (unpaired) electrons. The van der Waals surface area contributed by atoms with Crippen molar-refractivity contribution in [3.63, 3.8) is 0 Å². The summed E-state index contributed by atoms with van der Waals surface area (Å²) in [7, 11) is 0. The van der Waals surface area contributed by atoms with Gasteiger partial charge in [0.05, 0.1) is 23.0 Å². The minimum Gasteiger partial charge on any atom is -0.320 e. The van der Waals surface area contributed by atoms with Gasteiger partial charge >= 0.3 is 0 Å². The third-order valence-corrected chi connectivity index (χ3v) is 4.54. The number of anilines is 1. The fourth-order valence-corrected chi connectivity index (χ4v) is 3.21. The Bertz CT molecular complexity index is 1220. The number of nitrogens with zero attached hydrogens (tertiary/aromatic N) is 3. The number of nitrogens with one attached hydrogen (secondary N) is 1. The van der Waals surface area contributed by atoms with Crippen LogP contribution in [-0.2, 0) is 0 Å². The Morgan fingerprint density at radius 3 is 2.52 bits per heavy atom. The number of nitriles is 1. The second kappa shape index (κ2) is 7.83. The van der Waals surface area contributed by atoms with Gasteiger partial charge in [-0.15, -0.1) is 0 Å². The minimum atomic E-state index is -0.267. The van der Waals surface area contributed by atoms with Crippen LogP contribution in [0.5, 0.6) is 0 Å². The van der Waals surface area contributed by atoms with Crippen LogP contribution in [0.15, 0.2) is 84.9 Å². The van der Waals surface area contributed by atoms with Crippen LogP contribution >= 0.6 is 0 Å². The van der Waals surface area contributed by atoms with Crippen molar-refractivity contribution < 1.29 is 4.79 Å². The molecule has 0 saturated carbocycles. The Hall–Kier alpha value is -4.17. The topological polar surface area (TPSA) is 70.7 Å². The van der Waals surface area contributed by atoms with Crippen molar-refractivity contribution in [3.8, 4) is 22.9 Å². The number of para-hydroxylation sites is 1. The van der Waals surface area contributed by atoms with Crippen LogP contribution < -0.4 is 5.32 Å². The molecule has 29 heavy (non-hydrogen) atoms. The van der Waals surface area contributed by atoms with Gasteiger partial charge in [0.2, 0.25) is 0 Å². The van der Waals surface area contributed by atoms with E-state index in [9.17, 15) is 4.79 Å². The van der Waals surface area contributed by atoms with Gasteiger partial charge in [-0.2, -0.15) is 10.4 Å². The zero-order valence-electron chi connectivity index (χ0n) is 15.8. The number of aryl methyl sites for hydroxylation is 1. The summed E-state index contributed by atoms with van der Waals surface area (Å²) in [6, 6.07) is 28.5. The van der Waals surface area contributed by atoms with Crippen molar-refractivity contribution in [3.05, 3.63) is 102 Å². The zero-order chi connectivity index (χ0) is 20.2. The van der Waals surface area contributed by atoms with Crippen LogP contribution in [0.3, 0.4) is 0 Å². The zero-order valence-corrected chi connectivity index (χ0v) is 15.8. The third-order valence-electron chi connectivity index (χ3n) is 4.54. The summed E-state index contributed by atoms with van der Waals surface area (Å²) in [5.74, 6) is -0.267. The molecule has 0 saturated heterocycles. The first-order valence-corrected chi connectivity index (χ1v) is 9.19. The summed E-state index contributed by atoms with van der Waals surface area (Å²) >= 11 is 0. The minimum absolute atomic E-state index is 0.267. The number of carbonyl (C=O) groups is 1. The van der Waals surface area contributed by atoms with Crippen molar-refractivity contribution in [1.82, 2.24) is 9.78 Å². The molecule has 3 aromatic carbocycles. The van der Waals surface area contributed by atoms with E-state index >= 15 is 0 Å². The van der Waals surface area contributed by atoms with Crippen LogP contribution in [0.1, 0.15) is 21.7 Å². The van der Waals surface area contributed by atoms with E-state index in [1.165, 1.54) is 0 Å². The van der Waals surface area contributed by atoms with Gasteiger partial charge < -0.3 is 5.32 Å². The maximum atomic E-state index is 13.1. The number of hydrogen-bond donors (Lipinski definition) is 1. The maximum absolute atomic E-state index is 13.1. The molecule has 0 aliphatic heterocycles. The van der Waals surface area contributed by atoms with Crippen molar-refractivity contribution in [2.45, 2.75) is 6.92 Å². The summed E-state index contributed by atoms with van der Waals surface area (Å²) in [5.41, 5.74) is 4.98. The Kier molecular flexibility index (Phi) is 4.91. The highest BCUT2D eigenvalue weighted by molar-refractivity contribution is 6.05. The second-order valence-corrected chi connectivity index (χ2v) is 6.61. The van der Waals surface area contributed by atoms with Crippen LogP contribution in [0.2, 0.25) is 0 Å². The summed E-state index contributed by atoms with van der Waals surface area (Å²) in [6.07, 6.45) is 0. The van der Waals surface area contributed by atoms with Gasteiger partial charge in [-0.3, -0.25) is 4.79 Å². The van der Waals surface area contributed by atoms with E-state index in [0.29, 0.717) is 22.6 Å². The Balaban J connectivity index is 1.70. The molecule has 5 heteroatoms. The second-order valence-electron chi connectivity index (χ2n) is 6.61. The predicted octanol–water partition coefficient (Wildman–Crippen LogP) is 4.97. The number of benzene rings is 3. The average Bonchev–Trinajstić information content (AvgIpc) is 3.17. The van der Waals surface area contributed by atoms with E-state index in [4.69, 9.17) is 5.26 Å². The van der Waals surface area contributed by atoms with E-state index < -0.39 is 0 Å². The lowest BCUT2D eigenvalue weighted by Crippen LogP contribution is -2.17.